The highest BCUT2D eigenvalue weighted by Crippen LogP contribution is 2.25. The molecule has 0 bridgehead atoms. The number of hydrogen-bond acceptors (Lipinski definition) is 2. The number of aryl methyl sites for hydroxylation is 1. The van der Waals surface area contributed by atoms with Crippen molar-refractivity contribution in [2.75, 3.05) is 25.5 Å². The van der Waals surface area contributed by atoms with Crippen LogP contribution < -0.4 is 5.32 Å². The number of anilines is 1. The SMILES string of the molecule is CNc1ccc(C(=O)N2CC(C)C(C)C2)c(C)c1. The summed E-state index contributed by atoms with van der Waals surface area (Å²) in [6, 6.07) is 5.91. The van der Waals surface area contributed by atoms with Crippen LogP contribution in [0, 0.1) is 18.8 Å². The van der Waals surface area contributed by atoms with Crippen LogP contribution in [0.2, 0.25) is 0 Å². The van der Waals surface area contributed by atoms with E-state index in [-0.39, 0.29) is 5.91 Å². The monoisotopic (exact) mass is 246 g/mol. The first kappa shape index (κ1) is 12.9. The predicted molar refractivity (Wildman–Crippen MR) is 75.0 cm³/mol. The Bertz CT molecular complexity index is 446. The average Bonchev–Trinajstić information content (AvgIpc) is 2.68. The van der Waals surface area contributed by atoms with Crippen molar-refractivity contribution < 1.29 is 4.79 Å². The van der Waals surface area contributed by atoms with E-state index in [1.807, 2.05) is 37.1 Å². The largest absolute Gasteiger partial charge is 0.388 e. The molecular weight excluding hydrogens is 224 g/mol. The first-order valence-corrected chi connectivity index (χ1v) is 6.60. The van der Waals surface area contributed by atoms with Crippen molar-refractivity contribution >= 4 is 11.6 Å². The van der Waals surface area contributed by atoms with Crippen molar-refractivity contribution in [2.24, 2.45) is 11.8 Å². The zero-order chi connectivity index (χ0) is 13.3. The van der Waals surface area contributed by atoms with Gasteiger partial charge in [-0.3, -0.25) is 4.79 Å². The van der Waals surface area contributed by atoms with Gasteiger partial charge in [0.1, 0.15) is 0 Å². The topological polar surface area (TPSA) is 32.3 Å². The summed E-state index contributed by atoms with van der Waals surface area (Å²) in [5, 5.41) is 3.09. The molecule has 1 aliphatic rings. The highest BCUT2D eigenvalue weighted by atomic mass is 16.2. The molecule has 2 unspecified atom stereocenters. The van der Waals surface area contributed by atoms with Crippen molar-refractivity contribution in [3.63, 3.8) is 0 Å². The molecule has 1 fully saturated rings. The molecular formula is C15H22N2O. The Morgan fingerprint density at radius 3 is 2.39 bits per heavy atom. The summed E-state index contributed by atoms with van der Waals surface area (Å²) in [5.41, 5.74) is 2.92. The summed E-state index contributed by atoms with van der Waals surface area (Å²) in [5.74, 6) is 1.38. The van der Waals surface area contributed by atoms with Gasteiger partial charge in [0.15, 0.2) is 0 Å². The molecule has 1 aromatic rings. The highest BCUT2D eigenvalue weighted by Gasteiger charge is 2.30. The number of hydrogen-bond donors (Lipinski definition) is 1. The second-order valence-corrected chi connectivity index (χ2v) is 5.44. The maximum Gasteiger partial charge on any atom is 0.254 e. The Balaban J connectivity index is 2.19. The van der Waals surface area contributed by atoms with Crippen LogP contribution in [0.3, 0.4) is 0 Å². The van der Waals surface area contributed by atoms with Gasteiger partial charge in [-0.2, -0.15) is 0 Å². The molecule has 3 heteroatoms. The standard InChI is InChI=1S/C15H22N2O/c1-10-7-13(16-4)5-6-14(10)15(18)17-8-11(2)12(3)9-17/h5-7,11-12,16H,8-9H2,1-4H3. The van der Waals surface area contributed by atoms with Crippen molar-refractivity contribution in [1.29, 1.82) is 0 Å². The maximum absolute atomic E-state index is 12.5. The van der Waals surface area contributed by atoms with E-state index in [0.717, 1.165) is 29.9 Å². The normalized spacial score (nSPS) is 23.2. The second kappa shape index (κ2) is 5.01. The number of likely N-dealkylation sites (tertiary alicyclic amines) is 1. The molecule has 3 nitrogen and oxygen atoms in total. The lowest BCUT2D eigenvalue weighted by molar-refractivity contribution is 0.0784. The Kier molecular flexibility index (Phi) is 3.60. The van der Waals surface area contributed by atoms with E-state index in [9.17, 15) is 4.79 Å². The number of rotatable bonds is 2. The molecule has 2 atom stereocenters. The van der Waals surface area contributed by atoms with E-state index in [0.29, 0.717) is 11.8 Å². The third kappa shape index (κ3) is 2.35. The molecule has 1 heterocycles. The van der Waals surface area contributed by atoms with Gasteiger partial charge in [-0.15, -0.1) is 0 Å². The number of benzene rings is 1. The minimum Gasteiger partial charge on any atom is -0.388 e. The first-order valence-electron chi connectivity index (χ1n) is 6.60. The van der Waals surface area contributed by atoms with Crippen LogP contribution in [0.1, 0.15) is 29.8 Å². The van der Waals surface area contributed by atoms with E-state index in [4.69, 9.17) is 0 Å². The van der Waals surface area contributed by atoms with Crippen LogP contribution >= 0.6 is 0 Å². The third-order valence-corrected chi connectivity index (χ3v) is 4.02. The van der Waals surface area contributed by atoms with E-state index in [1.165, 1.54) is 0 Å². The zero-order valence-corrected chi connectivity index (χ0v) is 11.7. The number of carbonyl (C=O) groups is 1. The fraction of sp³-hybridized carbons (Fsp3) is 0.533. The Hall–Kier alpha value is -1.51. The molecule has 1 N–H and O–H groups in total. The lowest BCUT2D eigenvalue weighted by Gasteiger charge is -2.18. The summed E-state index contributed by atoms with van der Waals surface area (Å²) in [6.07, 6.45) is 0. The minimum absolute atomic E-state index is 0.173. The van der Waals surface area contributed by atoms with Gasteiger partial charge < -0.3 is 10.2 Å². The average molecular weight is 246 g/mol. The quantitative estimate of drug-likeness (QED) is 0.870. The van der Waals surface area contributed by atoms with Gasteiger partial charge in [0.2, 0.25) is 0 Å². The Labute approximate surface area is 109 Å². The summed E-state index contributed by atoms with van der Waals surface area (Å²) in [6.45, 7) is 8.20. The molecule has 1 aromatic carbocycles. The zero-order valence-electron chi connectivity index (χ0n) is 11.7. The van der Waals surface area contributed by atoms with Crippen molar-refractivity contribution in [3.05, 3.63) is 29.3 Å². The van der Waals surface area contributed by atoms with E-state index >= 15 is 0 Å². The fourth-order valence-corrected chi connectivity index (χ4v) is 2.52. The van der Waals surface area contributed by atoms with E-state index in [2.05, 4.69) is 19.2 Å². The van der Waals surface area contributed by atoms with Crippen LogP contribution in [-0.2, 0) is 0 Å². The smallest absolute Gasteiger partial charge is 0.254 e. The second-order valence-electron chi connectivity index (χ2n) is 5.44. The lowest BCUT2D eigenvalue weighted by Crippen LogP contribution is -2.29. The highest BCUT2D eigenvalue weighted by molar-refractivity contribution is 5.96. The maximum atomic E-state index is 12.5. The van der Waals surface area contributed by atoms with Gasteiger partial charge in [-0.05, 0) is 42.5 Å². The summed E-state index contributed by atoms with van der Waals surface area (Å²) < 4.78 is 0. The lowest BCUT2D eigenvalue weighted by atomic mass is 10.0. The first-order chi connectivity index (χ1) is 8.52. The molecule has 1 aliphatic heterocycles. The fourth-order valence-electron chi connectivity index (χ4n) is 2.52. The molecule has 0 saturated carbocycles. The molecule has 0 aliphatic carbocycles. The van der Waals surface area contributed by atoms with Crippen LogP contribution in [0.5, 0.6) is 0 Å². The van der Waals surface area contributed by atoms with Crippen LogP contribution in [0.15, 0.2) is 18.2 Å². The molecule has 98 valence electrons. The van der Waals surface area contributed by atoms with Crippen molar-refractivity contribution in [3.8, 4) is 0 Å². The van der Waals surface area contributed by atoms with Gasteiger partial charge in [-0.25, -0.2) is 0 Å². The molecule has 0 spiro atoms. The minimum atomic E-state index is 0.173. The van der Waals surface area contributed by atoms with Crippen molar-refractivity contribution in [2.45, 2.75) is 20.8 Å². The van der Waals surface area contributed by atoms with Gasteiger partial charge in [0.25, 0.3) is 5.91 Å². The van der Waals surface area contributed by atoms with Gasteiger partial charge in [-0.1, -0.05) is 13.8 Å². The van der Waals surface area contributed by atoms with Crippen LogP contribution in [-0.4, -0.2) is 30.9 Å². The predicted octanol–water partition coefficient (Wildman–Crippen LogP) is 2.76. The van der Waals surface area contributed by atoms with Crippen LogP contribution in [0.25, 0.3) is 0 Å². The van der Waals surface area contributed by atoms with Crippen molar-refractivity contribution in [1.82, 2.24) is 4.90 Å². The number of amides is 1. The van der Waals surface area contributed by atoms with Gasteiger partial charge >= 0.3 is 0 Å². The van der Waals surface area contributed by atoms with Gasteiger partial charge in [0.05, 0.1) is 0 Å². The van der Waals surface area contributed by atoms with E-state index in [1.54, 1.807) is 0 Å². The molecule has 1 saturated heterocycles. The van der Waals surface area contributed by atoms with E-state index < -0.39 is 0 Å². The Morgan fingerprint density at radius 1 is 1.28 bits per heavy atom. The molecule has 1 amide bonds. The summed E-state index contributed by atoms with van der Waals surface area (Å²) in [4.78, 5) is 14.4. The third-order valence-electron chi connectivity index (χ3n) is 4.02. The summed E-state index contributed by atoms with van der Waals surface area (Å²) >= 11 is 0. The molecule has 0 aromatic heterocycles. The Morgan fingerprint density at radius 2 is 1.89 bits per heavy atom. The molecule has 0 radical (unpaired) electrons. The van der Waals surface area contributed by atoms with Crippen LogP contribution in [0.4, 0.5) is 5.69 Å². The van der Waals surface area contributed by atoms with Gasteiger partial charge in [0, 0.05) is 31.4 Å². The number of carbonyl (C=O) groups excluding carboxylic acids is 1. The molecule has 2 rings (SSSR count). The number of nitrogens with zero attached hydrogens (tertiary/aromatic N) is 1. The number of nitrogens with one attached hydrogen (secondary N) is 1. The molecule has 18 heavy (non-hydrogen) atoms. The summed E-state index contributed by atoms with van der Waals surface area (Å²) in [7, 11) is 1.89.